The third-order valence-electron chi connectivity index (χ3n) is 4.03. The molecule has 0 saturated heterocycles. The van der Waals surface area contributed by atoms with Gasteiger partial charge >= 0.3 is 0 Å². The number of hydrogen-bond acceptors (Lipinski definition) is 2. The largest absolute Gasteiger partial charge is 0.316 e. The highest BCUT2D eigenvalue weighted by atomic mass is 32.2. The molecule has 0 amide bonds. The van der Waals surface area contributed by atoms with E-state index in [0.717, 1.165) is 17.9 Å². The zero-order valence-electron chi connectivity index (χ0n) is 11.3. The summed E-state index contributed by atoms with van der Waals surface area (Å²) in [4.78, 5) is 0. The van der Waals surface area contributed by atoms with Gasteiger partial charge in [-0.05, 0) is 37.5 Å². The molecule has 1 saturated carbocycles. The van der Waals surface area contributed by atoms with Crippen LogP contribution < -0.4 is 5.32 Å². The summed E-state index contributed by atoms with van der Waals surface area (Å²) >= 11 is 2.13. The molecule has 0 spiro atoms. The number of rotatable bonds is 7. The number of thioether (sulfide) groups is 1. The van der Waals surface area contributed by atoms with Crippen LogP contribution in [0.5, 0.6) is 0 Å². The Morgan fingerprint density at radius 2 is 2.00 bits per heavy atom. The van der Waals surface area contributed by atoms with E-state index in [1.165, 1.54) is 50.0 Å². The van der Waals surface area contributed by atoms with Gasteiger partial charge in [-0.15, -0.1) is 0 Å². The summed E-state index contributed by atoms with van der Waals surface area (Å²) in [5, 5.41) is 3.57. The quantitative estimate of drug-likeness (QED) is 0.680. The molecule has 2 heteroatoms. The van der Waals surface area contributed by atoms with Gasteiger partial charge in [0.25, 0.3) is 0 Å². The molecule has 0 heterocycles. The highest BCUT2D eigenvalue weighted by Gasteiger charge is 2.29. The lowest BCUT2D eigenvalue weighted by molar-refractivity contribution is 0.190. The lowest BCUT2D eigenvalue weighted by atomic mass is 9.74. The van der Waals surface area contributed by atoms with Crippen LogP contribution in [0.2, 0.25) is 0 Å². The highest BCUT2D eigenvalue weighted by molar-refractivity contribution is 7.99. The molecule has 0 aromatic rings. The Labute approximate surface area is 106 Å². The van der Waals surface area contributed by atoms with Crippen molar-refractivity contribution in [1.29, 1.82) is 0 Å². The molecule has 16 heavy (non-hydrogen) atoms. The van der Waals surface area contributed by atoms with Crippen LogP contribution in [0, 0.1) is 11.8 Å². The zero-order valence-corrected chi connectivity index (χ0v) is 12.1. The SMILES string of the molecule is CCCSCC(NC)C1CCCCC1CC. The van der Waals surface area contributed by atoms with Crippen LogP contribution in [0.1, 0.15) is 52.4 Å². The molecule has 0 radical (unpaired) electrons. The van der Waals surface area contributed by atoms with Gasteiger partial charge in [-0.2, -0.15) is 11.8 Å². The zero-order chi connectivity index (χ0) is 11.8. The van der Waals surface area contributed by atoms with Crippen molar-refractivity contribution in [1.82, 2.24) is 5.32 Å². The van der Waals surface area contributed by atoms with Crippen molar-refractivity contribution in [3.8, 4) is 0 Å². The van der Waals surface area contributed by atoms with E-state index in [1.54, 1.807) is 0 Å². The second kappa shape index (κ2) is 8.41. The van der Waals surface area contributed by atoms with Crippen molar-refractivity contribution in [2.24, 2.45) is 11.8 Å². The van der Waals surface area contributed by atoms with Gasteiger partial charge in [0.1, 0.15) is 0 Å². The Morgan fingerprint density at radius 1 is 1.25 bits per heavy atom. The third kappa shape index (κ3) is 4.29. The van der Waals surface area contributed by atoms with Crippen LogP contribution in [0.15, 0.2) is 0 Å². The molecule has 96 valence electrons. The molecule has 1 nitrogen and oxygen atoms in total. The number of nitrogens with one attached hydrogen (secondary N) is 1. The summed E-state index contributed by atoms with van der Waals surface area (Å²) in [5.41, 5.74) is 0. The van der Waals surface area contributed by atoms with Gasteiger partial charge in [-0.3, -0.25) is 0 Å². The maximum atomic E-state index is 3.57. The first-order valence-corrected chi connectivity index (χ1v) is 8.23. The van der Waals surface area contributed by atoms with Gasteiger partial charge in [-0.25, -0.2) is 0 Å². The normalized spacial score (nSPS) is 27.9. The molecule has 0 bridgehead atoms. The van der Waals surface area contributed by atoms with E-state index in [0.29, 0.717) is 0 Å². The molecular weight excluding hydrogens is 214 g/mol. The van der Waals surface area contributed by atoms with Crippen LogP contribution in [-0.2, 0) is 0 Å². The van der Waals surface area contributed by atoms with Crippen LogP contribution >= 0.6 is 11.8 Å². The second-order valence-electron chi connectivity index (χ2n) is 5.09. The van der Waals surface area contributed by atoms with Crippen molar-refractivity contribution < 1.29 is 0 Å². The molecule has 3 atom stereocenters. The minimum absolute atomic E-state index is 0.752. The lowest BCUT2D eigenvalue weighted by Gasteiger charge is -2.36. The monoisotopic (exact) mass is 243 g/mol. The first-order valence-electron chi connectivity index (χ1n) is 7.08. The van der Waals surface area contributed by atoms with Crippen molar-refractivity contribution in [2.75, 3.05) is 18.6 Å². The summed E-state index contributed by atoms with van der Waals surface area (Å²) < 4.78 is 0. The van der Waals surface area contributed by atoms with Gasteiger partial charge in [0.15, 0.2) is 0 Å². The van der Waals surface area contributed by atoms with Crippen molar-refractivity contribution in [3.05, 3.63) is 0 Å². The fraction of sp³-hybridized carbons (Fsp3) is 1.00. The van der Waals surface area contributed by atoms with Crippen LogP contribution in [0.3, 0.4) is 0 Å². The fourth-order valence-corrected chi connectivity index (χ4v) is 4.17. The first kappa shape index (κ1) is 14.4. The lowest BCUT2D eigenvalue weighted by Crippen LogP contribution is -2.41. The van der Waals surface area contributed by atoms with Crippen LogP contribution in [0.4, 0.5) is 0 Å². The van der Waals surface area contributed by atoms with E-state index < -0.39 is 0 Å². The predicted octanol–water partition coefficient (Wildman–Crippen LogP) is 3.93. The van der Waals surface area contributed by atoms with E-state index in [1.807, 2.05) is 0 Å². The Hall–Kier alpha value is 0.310. The predicted molar refractivity (Wildman–Crippen MR) is 76.2 cm³/mol. The van der Waals surface area contributed by atoms with E-state index >= 15 is 0 Å². The Kier molecular flexibility index (Phi) is 7.55. The minimum atomic E-state index is 0.752. The molecule has 1 N–H and O–H groups in total. The summed E-state index contributed by atoms with van der Waals surface area (Å²) in [5.74, 6) is 4.55. The molecule has 3 unspecified atom stereocenters. The van der Waals surface area contributed by atoms with E-state index in [4.69, 9.17) is 0 Å². The average molecular weight is 243 g/mol. The molecule has 1 aliphatic carbocycles. The third-order valence-corrected chi connectivity index (χ3v) is 5.32. The maximum absolute atomic E-state index is 3.57. The average Bonchev–Trinajstić information content (AvgIpc) is 2.35. The molecule has 0 aliphatic heterocycles. The van der Waals surface area contributed by atoms with E-state index in [2.05, 4.69) is 38.0 Å². The van der Waals surface area contributed by atoms with Crippen molar-refractivity contribution >= 4 is 11.8 Å². The van der Waals surface area contributed by atoms with Gasteiger partial charge in [0.2, 0.25) is 0 Å². The summed E-state index contributed by atoms with van der Waals surface area (Å²) in [7, 11) is 2.15. The fourth-order valence-electron chi connectivity index (χ4n) is 3.05. The first-order chi connectivity index (χ1) is 7.83. The minimum Gasteiger partial charge on any atom is -0.316 e. The van der Waals surface area contributed by atoms with Gasteiger partial charge in [0.05, 0.1) is 0 Å². The van der Waals surface area contributed by atoms with Gasteiger partial charge < -0.3 is 5.32 Å². The number of hydrogen-bond donors (Lipinski definition) is 1. The molecule has 0 aromatic carbocycles. The van der Waals surface area contributed by atoms with Crippen LogP contribution in [-0.4, -0.2) is 24.6 Å². The second-order valence-corrected chi connectivity index (χ2v) is 6.24. The Bertz CT molecular complexity index is 172. The summed E-state index contributed by atoms with van der Waals surface area (Å²) in [6, 6.07) is 0.752. The summed E-state index contributed by atoms with van der Waals surface area (Å²) in [6.07, 6.45) is 8.53. The molecule has 0 aromatic heterocycles. The molecular formula is C14H29NS. The summed E-state index contributed by atoms with van der Waals surface area (Å²) in [6.45, 7) is 4.64. The van der Waals surface area contributed by atoms with Crippen molar-refractivity contribution in [2.45, 2.75) is 58.4 Å². The maximum Gasteiger partial charge on any atom is 0.0186 e. The van der Waals surface area contributed by atoms with E-state index in [-0.39, 0.29) is 0 Å². The Balaban J connectivity index is 2.41. The van der Waals surface area contributed by atoms with Crippen LogP contribution in [0.25, 0.3) is 0 Å². The topological polar surface area (TPSA) is 12.0 Å². The Morgan fingerprint density at radius 3 is 2.62 bits per heavy atom. The molecule has 1 aliphatic rings. The van der Waals surface area contributed by atoms with Gasteiger partial charge in [-0.1, -0.05) is 39.5 Å². The van der Waals surface area contributed by atoms with Crippen molar-refractivity contribution in [3.63, 3.8) is 0 Å². The van der Waals surface area contributed by atoms with Gasteiger partial charge in [0, 0.05) is 11.8 Å². The van der Waals surface area contributed by atoms with E-state index in [9.17, 15) is 0 Å². The smallest absolute Gasteiger partial charge is 0.0186 e. The molecule has 1 rings (SSSR count). The standard InChI is InChI=1S/C14H29NS/c1-4-10-16-11-14(15-3)13-9-7-6-8-12(13)5-2/h12-15H,4-11H2,1-3H3. The molecule has 1 fully saturated rings. The highest BCUT2D eigenvalue weighted by Crippen LogP contribution is 2.35.